The zero-order valence-electron chi connectivity index (χ0n) is 17.1. The minimum Gasteiger partial charge on any atom is -0.372 e. The monoisotopic (exact) mass is 406 g/mol. The number of nitrogens with zero attached hydrogens (tertiary/aromatic N) is 3. The van der Waals surface area contributed by atoms with Crippen molar-refractivity contribution < 1.29 is 4.39 Å². The molecule has 1 aliphatic heterocycles. The van der Waals surface area contributed by atoms with Gasteiger partial charge in [0, 0.05) is 48.2 Å². The van der Waals surface area contributed by atoms with Crippen molar-refractivity contribution in [2.75, 3.05) is 23.3 Å². The van der Waals surface area contributed by atoms with E-state index in [0.717, 1.165) is 50.0 Å². The van der Waals surface area contributed by atoms with Crippen molar-refractivity contribution in [3.63, 3.8) is 0 Å². The number of hydrogen-bond donors (Lipinski definition) is 1. The Morgan fingerprint density at radius 2 is 1.70 bits per heavy atom. The Balaban J connectivity index is 1.44. The van der Waals surface area contributed by atoms with Crippen LogP contribution in [-0.4, -0.2) is 22.6 Å². The second-order valence-corrected chi connectivity index (χ2v) is 8.45. The average Bonchev–Trinajstić information content (AvgIpc) is 3.30. The van der Waals surface area contributed by atoms with Crippen LogP contribution in [0.15, 0.2) is 47.4 Å². The maximum absolute atomic E-state index is 14.2. The molecular formula is C24H27FN4O. The van der Waals surface area contributed by atoms with E-state index in [2.05, 4.69) is 39.5 Å². The first-order chi connectivity index (χ1) is 14.7. The maximum Gasteiger partial charge on any atom is 0.287 e. The van der Waals surface area contributed by atoms with Crippen molar-refractivity contribution in [1.29, 1.82) is 0 Å². The van der Waals surface area contributed by atoms with Crippen LogP contribution in [0.1, 0.15) is 51.0 Å². The Kier molecular flexibility index (Phi) is 5.15. The van der Waals surface area contributed by atoms with Crippen molar-refractivity contribution in [1.82, 2.24) is 9.55 Å². The molecule has 0 bridgehead atoms. The summed E-state index contributed by atoms with van der Waals surface area (Å²) >= 11 is 0. The lowest BCUT2D eigenvalue weighted by Gasteiger charge is -2.28. The van der Waals surface area contributed by atoms with Crippen molar-refractivity contribution in [3.8, 4) is 0 Å². The van der Waals surface area contributed by atoms with Crippen molar-refractivity contribution >= 4 is 28.1 Å². The number of aromatic nitrogens is 2. The number of piperidine rings is 1. The predicted octanol–water partition coefficient (Wildman–Crippen LogP) is 5.38. The second-order valence-electron chi connectivity index (χ2n) is 8.45. The minimum absolute atomic E-state index is 0.0646. The topological polar surface area (TPSA) is 50.2 Å². The summed E-state index contributed by atoms with van der Waals surface area (Å²) in [4.78, 5) is 19.4. The van der Waals surface area contributed by atoms with Crippen LogP contribution in [0, 0.1) is 5.82 Å². The lowest BCUT2D eigenvalue weighted by Crippen LogP contribution is -2.29. The highest BCUT2D eigenvalue weighted by Crippen LogP contribution is 2.32. The van der Waals surface area contributed by atoms with Crippen LogP contribution in [0.3, 0.4) is 0 Å². The number of benzene rings is 1. The van der Waals surface area contributed by atoms with E-state index >= 15 is 0 Å². The smallest absolute Gasteiger partial charge is 0.287 e. The Bertz CT molecular complexity index is 1100. The summed E-state index contributed by atoms with van der Waals surface area (Å²) in [5, 5.41) is 4.00. The summed E-state index contributed by atoms with van der Waals surface area (Å²) in [7, 11) is 0. The van der Waals surface area contributed by atoms with Gasteiger partial charge < -0.3 is 14.8 Å². The van der Waals surface area contributed by atoms with E-state index in [0.29, 0.717) is 11.2 Å². The number of pyridine rings is 2. The summed E-state index contributed by atoms with van der Waals surface area (Å²) in [5.74, 6) is -0.0452. The van der Waals surface area contributed by atoms with E-state index in [1.165, 1.54) is 31.0 Å². The van der Waals surface area contributed by atoms with Gasteiger partial charge in [0.15, 0.2) is 5.82 Å². The van der Waals surface area contributed by atoms with Gasteiger partial charge in [0.1, 0.15) is 5.82 Å². The Morgan fingerprint density at radius 3 is 2.43 bits per heavy atom. The highest BCUT2D eigenvalue weighted by molar-refractivity contribution is 5.81. The predicted molar refractivity (Wildman–Crippen MR) is 119 cm³/mol. The quantitative estimate of drug-likeness (QED) is 0.632. The first-order valence-corrected chi connectivity index (χ1v) is 11.0. The Labute approximate surface area is 175 Å². The van der Waals surface area contributed by atoms with Crippen LogP contribution in [0.2, 0.25) is 0 Å². The lowest BCUT2D eigenvalue weighted by molar-refractivity contribution is 0.492. The average molecular weight is 407 g/mol. The number of hydrogen-bond acceptors (Lipinski definition) is 4. The molecule has 0 atom stereocenters. The molecule has 6 heteroatoms. The van der Waals surface area contributed by atoms with Gasteiger partial charge in [0.05, 0.1) is 5.52 Å². The van der Waals surface area contributed by atoms with Gasteiger partial charge in [-0.05, 0) is 62.4 Å². The molecule has 156 valence electrons. The number of anilines is 3. The zero-order valence-corrected chi connectivity index (χ0v) is 17.1. The van der Waals surface area contributed by atoms with E-state index in [4.69, 9.17) is 0 Å². The van der Waals surface area contributed by atoms with Crippen LogP contribution in [-0.2, 0) is 0 Å². The van der Waals surface area contributed by atoms with Gasteiger partial charge in [-0.15, -0.1) is 0 Å². The number of halogens is 1. The van der Waals surface area contributed by atoms with Gasteiger partial charge in [-0.25, -0.2) is 9.37 Å². The van der Waals surface area contributed by atoms with Gasteiger partial charge in [-0.3, -0.25) is 4.79 Å². The van der Waals surface area contributed by atoms with E-state index in [1.807, 2.05) is 6.07 Å². The van der Waals surface area contributed by atoms with Crippen molar-refractivity contribution in [2.45, 2.75) is 51.0 Å². The molecule has 2 aromatic heterocycles. The zero-order chi connectivity index (χ0) is 20.5. The molecule has 2 fully saturated rings. The number of rotatable bonds is 4. The molecule has 30 heavy (non-hydrogen) atoms. The largest absolute Gasteiger partial charge is 0.372 e. The molecular weight excluding hydrogens is 379 g/mol. The summed E-state index contributed by atoms with van der Waals surface area (Å²) < 4.78 is 15.9. The molecule has 1 N–H and O–H groups in total. The molecule has 3 aromatic rings. The molecule has 1 aromatic carbocycles. The van der Waals surface area contributed by atoms with Crippen LogP contribution in [0.4, 0.5) is 21.6 Å². The highest BCUT2D eigenvalue weighted by atomic mass is 19.1. The van der Waals surface area contributed by atoms with Crippen LogP contribution < -0.4 is 15.8 Å². The first-order valence-electron chi connectivity index (χ1n) is 11.0. The standard InChI is InChI=1S/C24H27FN4O/c25-21-14-17-16-26-23(15-22(17)29(24(21)30)20-6-2-3-7-20)27-18-8-10-19(11-9-18)28-12-4-1-5-13-28/h8-11,14-16,20H,1-7,12-13H2,(H,26,27). The summed E-state index contributed by atoms with van der Waals surface area (Å²) in [6.07, 6.45) is 9.47. The molecule has 5 rings (SSSR count). The fourth-order valence-corrected chi connectivity index (χ4v) is 4.85. The van der Waals surface area contributed by atoms with E-state index in [1.54, 1.807) is 10.8 Å². The molecule has 5 nitrogen and oxygen atoms in total. The Morgan fingerprint density at radius 1 is 0.967 bits per heavy atom. The van der Waals surface area contributed by atoms with Crippen LogP contribution in [0.5, 0.6) is 0 Å². The van der Waals surface area contributed by atoms with Crippen molar-refractivity contribution in [3.05, 3.63) is 58.8 Å². The molecule has 1 saturated carbocycles. The molecule has 2 aliphatic rings. The SMILES string of the molecule is O=c1c(F)cc2cnc(Nc3ccc(N4CCCCC4)cc3)cc2n1C1CCCC1. The fraction of sp³-hybridized carbons (Fsp3) is 0.417. The third-order valence-electron chi connectivity index (χ3n) is 6.43. The molecule has 1 saturated heterocycles. The molecule has 0 amide bonds. The molecule has 0 spiro atoms. The Hall–Kier alpha value is -2.89. The normalized spacial score (nSPS) is 17.6. The summed E-state index contributed by atoms with van der Waals surface area (Å²) in [6, 6.07) is 11.6. The van der Waals surface area contributed by atoms with Crippen LogP contribution in [0.25, 0.3) is 10.9 Å². The first kappa shape index (κ1) is 19.1. The minimum atomic E-state index is -0.704. The molecule has 0 radical (unpaired) electrons. The summed E-state index contributed by atoms with van der Waals surface area (Å²) in [6.45, 7) is 2.24. The maximum atomic E-state index is 14.2. The number of nitrogens with one attached hydrogen (secondary N) is 1. The number of fused-ring (bicyclic) bond motifs is 1. The van der Waals surface area contributed by atoms with E-state index < -0.39 is 11.4 Å². The third-order valence-corrected chi connectivity index (χ3v) is 6.43. The summed E-state index contributed by atoms with van der Waals surface area (Å²) in [5.41, 5.74) is 2.41. The second kappa shape index (κ2) is 8.09. The van der Waals surface area contributed by atoms with Crippen molar-refractivity contribution in [2.24, 2.45) is 0 Å². The van der Waals surface area contributed by atoms with E-state index in [9.17, 15) is 9.18 Å². The fourth-order valence-electron chi connectivity index (χ4n) is 4.85. The highest BCUT2D eigenvalue weighted by Gasteiger charge is 2.22. The molecule has 1 aliphatic carbocycles. The third kappa shape index (κ3) is 3.66. The van der Waals surface area contributed by atoms with Gasteiger partial charge in [-0.1, -0.05) is 12.8 Å². The van der Waals surface area contributed by atoms with E-state index in [-0.39, 0.29) is 6.04 Å². The van der Waals surface area contributed by atoms with Gasteiger partial charge in [0.2, 0.25) is 0 Å². The molecule has 3 heterocycles. The lowest BCUT2D eigenvalue weighted by atomic mass is 10.1. The van der Waals surface area contributed by atoms with Gasteiger partial charge in [-0.2, -0.15) is 0 Å². The van der Waals surface area contributed by atoms with Gasteiger partial charge in [0.25, 0.3) is 5.56 Å². The van der Waals surface area contributed by atoms with Crippen LogP contribution >= 0.6 is 0 Å². The molecule has 0 unspecified atom stereocenters. The van der Waals surface area contributed by atoms with Gasteiger partial charge >= 0.3 is 0 Å².